The molecule has 1 aromatic rings. The Hall–Kier alpha value is -1.39. The van der Waals surface area contributed by atoms with Crippen LogP contribution < -0.4 is 5.73 Å². The Bertz CT molecular complexity index is 432. The SMILES string of the molecule is CCOC(=O)c1ccc2c(c1)CN(CCN)CC2. The summed E-state index contributed by atoms with van der Waals surface area (Å²) in [5.74, 6) is -0.240. The van der Waals surface area contributed by atoms with Crippen molar-refractivity contribution in [2.45, 2.75) is 19.9 Å². The van der Waals surface area contributed by atoms with Crippen molar-refractivity contribution in [2.24, 2.45) is 5.73 Å². The molecule has 0 aliphatic carbocycles. The maximum absolute atomic E-state index is 11.7. The number of carbonyl (C=O) groups excluding carboxylic acids is 1. The zero-order valence-corrected chi connectivity index (χ0v) is 10.8. The third kappa shape index (κ3) is 2.89. The van der Waals surface area contributed by atoms with E-state index in [1.54, 1.807) is 0 Å². The molecule has 0 spiro atoms. The molecule has 0 fully saturated rings. The van der Waals surface area contributed by atoms with Gasteiger partial charge >= 0.3 is 5.97 Å². The highest BCUT2D eigenvalue weighted by molar-refractivity contribution is 5.89. The number of esters is 1. The smallest absolute Gasteiger partial charge is 0.338 e. The van der Waals surface area contributed by atoms with Crippen molar-refractivity contribution in [3.63, 3.8) is 0 Å². The predicted octanol–water partition coefficient (Wildman–Crippen LogP) is 1.18. The van der Waals surface area contributed by atoms with Gasteiger partial charge in [-0.05, 0) is 36.6 Å². The fourth-order valence-electron chi connectivity index (χ4n) is 2.33. The molecular weight excluding hydrogens is 228 g/mol. The Kier molecular flexibility index (Phi) is 4.33. The summed E-state index contributed by atoms with van der Waals surface area (Å²) in [7, 11) is 0. The third-order valence-electron chi connectivity index (χ3n) is 3.25. The summed E-state index contributed by atoms with van der Waals surface area (Å²) in [5, 5.41) is 0. The van der Waals surface area contributed by atoms with Crippen molar-refractivity contribution < 1.29 is 9.53 Å². The van der Waals surface area contributed by atoms with Crippen LogP contribution in [0, 0.1) is 0 Å². The molecule has 0 radical (unpaired) electrons. The molecule has 0 bridgehead atoms. The molecule has 1 aromatic carbocycles. The van der Waals surface area contributed by atoms with Crippen LogP contribution in [0.3, 0.4) is 0 Å². The number of benzene rings is 1. The Morgan fingerprint density at radius 3 is 3.00 bits per heavy atom. The lowest BCUT2D eigenvalue weighted by molar-refractivity contribution is 0.0526. The van der Waals surface area contributed by atoms with Gasteiger partial charge in [-0.25, -0.2) is 4.79 Å². The van der Waals surface area contributed by atoms with Gasteiger partial charge in [0.1, 0.15) is 0 Å². The van der Waals surface area contributed by atoms with Gasteiger partial charge in [0.05, 0.1) is 12.2 Å². The summed E-state index contributed by atoms with van der Waals surface area (Å²) in [6.45, 7) is 5.73. The number of carbonyl (C=O) groups is 1. The lowest BCUT2D eigenvalue weighted by Gasteiger charge is -2.28. The average molecular weight is 248 g/mol. The summed E-state index contributed by atoms with van der Waals surface area (Å²) in [6, 6.07) is 5.85. The van der Waals surface area contributed by atoms with Crippen LogP contribution in [0.4, 0.5) is 0 Å². The molecule has 18 heavy (non-hydrogen) atoms. The first-order chi connectivity index (χ1) is 8.74. The molecule has 4 heteroatoms. The highest BCUT2D eigenvalue weighted by Crippen LogP contribution is 2.20. The number of nitrogens with zero attached hydrogens (tertiary/aromatic N) is 1. The molecule has 1 aliphatic heterocycles. The van der Waals surface area contributed by atoms with Gasteiger partial charge in [0.15, 0.2) is 0 Å². The van der Waals surface area contributed by atoms with Crippen LogP contribution in [-0.2, 0) is 17.7 Å². The summed E-state index contributed by atoms with van der Waals surface area (Å²) in [4.78, 5) is 14.0. The van der Waals surface area contributed by atoms with Gasteiger partial charge in [0, 0.05) is 26.2 Å². The van der Waals surface area contributed by atoms with Gasteiger partial charge in [-0.2, -0.15) is 0 Å². The molecule has 1 aliphatic rings. The molecule has 2 rings (SSSR count). The van der Waals surface area contributed by atoms with Crippen LogP contribution in [0.1, 0.15) is 28.4 Å². The second-order valence-electron chi connectivity index (χ2n) is 4.52. The Morgan fingerprint density at radius 2 is 2.28 bits per heavy atom. The Balaban J connectivity index is 2.15. The molecule has 0 unspecified atom stereocenters. The zero-order chi connectivity index (χ0) is 13.0. The Labute approximate surface area is 108 Å². The Morgan fingerprint density at radius 1 is 1.44 bits per heavy atom. The van der Waals surface area contributed by atoms with E-state index in [9.17, 15) is 4.79 Å². The average Bonchev–Trinajstić information content (AvgIpc) is 2.38. The van der Waals surface area contributed by atoms with E-state index in [-0.39, 0.29) is 5.97 Å². The lowest BCUT2D eigenvalue weighted by atomic mass is 9.97. The first kappa shape index (κ1) is 13.1. The largest absolute Gasteiger partial charge is 0.462 e. The van der Waals surface area contributed by atoms with Gasteiger partial charge < -0.3 is 10.5 Å². The number of hydrogen-bond acceptors (Lipinski definition) is 4. The van der Waals surface area contributed by atoms with Crippen molar-refractivity contribution >= 4 is 5.97 Å². The fourth-order valence-corrected chi connectivity index (χ4v) is 2.33. The van der Waals surface area contributed by atoms with Crippen molar-refractivity contribution in [3.8, 4) is 0 Å². The number of rotatable bonds is 4. The van der Waals surface area contributed by atoms with E-state index in [1.165, 1.54) is 11.1 Å². The van der Waals surface area contributed by atoms with E-state index in [2.05, 4.69) is 4.90 Å². The van der Waals surface area contributed by atoms with E-state index in [0.29, 0.717) is 18.7 Å². The predicted molar refractivity (Wildman–Crippen MR) is 70.4 cm³/mol. The molecule has 4 nitrogen and oxygen atoms in total. The number of nitrogens with two attached hydrogens (primary N) is 1. The zero-order valence-electron chi connectivity index (χ0n) is 10.8. The molecule has 98 valence electrons. The normalized spacial score (nSPS) is 15.2. The fraction of sp³-hybridized carbons (Fsp3) is 0.500. The number of ether oxygens (including phenoxy) is 1. The van der Waals surface area contributed by atoms with Crippen LogP contribution in [-0.4, -0.2) is 37.1 Å². The van der Waals surface area contributed by atoms with Crippen molar-refractivity contribution in [3.05, 3.63) is 34.9 Å². The minimum absolute atomic E-state index is 0.240. The van der Waals surface area contributed by atoms with Crippen molar-refractivity contribution in [1.29, 1.82) is 0 Å². The topological polar surface area (TPSA) is 55.6 Å². The van der Waals surface area contributed by atoms with E-state index in [4.69, 9.17) is 10.5 Å². The second kappa shape index (κ2) is 5.98. The molecule has 0 saturated heterocycles. The van der Waals surface area contributed by atoms with Crippen LogP contribution in [0.2, 0.25) is 0 Å². The third-order valence-corrected chi connectivity index (χ3v) is 3.25. The molecule has 1 heterocycles. The first-order valence-corrected chi connectivity index (χ1v) is 6.46. The highest BCUT2D eigenvalue weighted by atomic mass is 16.5. The summed E-state index contributed by atoms with van der Waals surface area (Å²) < 4.78 is 5.02. The molecule has 0 atom stereocenters. The summed E-state index contributed by atoms with van der Waals surface area (Å²) in [5.41, 5.74) is 8.78. The van der Waals surface area contributed by atoms with E-state index >= 15 is 0 Å². The van der Waals surface area contributed by atoms with Crippen LogP contribution in [0.15, 0.2) is 18.2 Å². The maximum Gasteiger partial charge on any atom is 0.338 e. The van der Waals surface area contributed by atoms with Crippen LogP contribution in [0.25, 0.3) is 0 Å². The van der Waals surface area contributed by atoms with Gasteiger partial charge in [-0.1, -0.05) is 6.07 Å². The maximum atomic E-state index is 11.7. The van der Waals surface area contributed by atoms with E-state index < -0.39 is 0 Å². The summed E-state index contributed by atoms with van der Waals surface area (Å²) >= 11 is 0. The molecule has 0 saturated carbocycles. The number of hydrogen-bond donors (Lipinski definition) is 1. The molecule has 2 N–H and O–H groups in total. The van der Waals surface area contributed by atoms with Crippen LogP contribution in [0.5, 0.6) is 0 Å². The molecule has 0 amide bonds. The van der Waals surface area contributed by atoms with Crippen molar-refractivity contribution in [2.75, 3.05) is 26.2 Å². The summed E-state index contributed by atoms with van der Waals surface area (Å²) in [6.07, 6.45) is 1.03. The standard InChI is InChI=1S/C14H20N2O2/c1-2-18-14(17)12-4-3-11-5-7-16(8-6-15)10-13(11)9-12/h3-4,9H,2,5-8,10,15H2,1H3. The van der Waals surface area contributed by atoms with Crippen molar-refractivity contribution in [1.82, 2.24) is 4.90 Å². The van der Waals surface area contributed by atoms with Gasteiger partial charge in [-0.15, -0.1) is 0 Å². The minimum atomic E-state index is -0.240. The van der Waals surface area contributed by atoms with Gasteiger partial charge in [0.25, 0.3) is 0 Å². The van der Waals surface area contributed by atoms with Gasteiger partial charge in [-0.3, -0.25) is 4.90 Å². The lowest BCUT2D eigenvalue weighted by Crippen LogP contribution is -2.34. The number of fused-ring (bicyclic) bond motifs is 1. The monoisotopic (exact) mass is 248 g/mol. The first-order valence-electron chi connectivity index (χ1n) is 6.46. The molecular formula is C14H20N2O2. The molecule has 0 aromatic heterocycles. The quantitative estimate of drug-likeness (QED) is 0.813. The van der Waals surface area contributed by atoms with E-state index in [0.717, 1.165) is 26.1 Å². The minimum Gasteiger partial charge on any atom is -0.462 e. The second-order valence-corrected chi connectivity index (χ2v) is 4.52. The van der Waals surface area contributed by atoms with Crippen LogP contribution >= 0.6 is 0 Å². The van der Waals surface area contributed by atoms with E-state index in [1.807, 2.05) is 25.1 Å². The van der Waals surface area contributed by atoms with Gasteiger partial charge in [0.2, 0.25) is 0 Å². The highest BCUT2D eigenvalue weighted by Gasteiger charge is 2.17.